The number of hydrogen-bond acceptors (Lipinski definition) is 1. The van der Waals surface area contributed by atoms with Gasteiger partial charge in [-0.15, -0.1) is 24.0 Å². The van der Waals surface area contributed by atoms with Gasteiger partial charge in [0.25, 0.3) is 0 Å². The highest BCUT2D eigenvalue weighted by atomic mass is 127. The van der Waals surface area contributed by atoms with E-state index in [0.717, 1.165) is 32.0 Å². The molecule has 0 spiro atoms. The van der Waals surface area contributed by atoms with Crippen molar-refractivity contribution < 1.29 is 0 Å². The average Bonchev–Trinajstić information content (AvgIpc) is 2.42. The molecule has 1 atom stereocenters. The molecule has 0 saturated heterocycles. The number of aliphatic imine (C=N–C) groups is 1. The van der Waals surface area contributed by atoms with Gasteiger partial charge in [0.2, 0.25) is 0 Å². The van der Waals surface area contributed by atoms with Crippen LogP contribution in [-0.2, 0) is 0 Å². The maximum atomic E-state index is 4.64. The predicted octanol–water partition coefficient (Wildman–Crippen LogP) is 3.68. The molecule has 4 heteroatoms. The summed E-state index contributed by atoms with van der Waals surface area (Å²) in [7, 11) is 0. The Morgan fingerprint density at radius 2 is 1.80 bits per heavy atom. The van der Waals surface area contributed by atoms with Crippen molar-refractivity contribution in [1.82, 2.24) is 10.6 Å². The maximum absolute atomic E-state index is 4.64. The lowest BCUT2D eigenvalue weighted by Crippen LogP contribution is -2.37. The standard InChI is InChI=1S/C16H27N3.HI/c1-5-11-18-16(17-6-2)19-12-14(4)15-9-7-13(3)8-10-15;/h7-10,14H,5-6,11-12H2,1-4H3,(H2,17,18,19);1H. The molecular weight excluding hydrogens is 361 g/mol. The van der Waals surface area contributed by atoms with Crippen molar-refractivity contribution in [2.45, 2.75) is 40.0 Å². The van der Waals surface area contributed by atoms with Crippen LogP contribution in [0, 0.1) is 6.92 Å². The summed E-state index contributed by atoms with van der Waals surface area (Å²) in [6.07, 6.45) is 1.11. The molecular formula is C16H28IN3. The van der Waals surface area contributed by atoms with Gasteiger partial charge in [0.15, 0.2) is 5.96 Å². The Labute approximate surface area is 140 Å². The molecule has 114 valence electrons. The minimum Gasteiger partial charge on any atom is -0.357 e. The van der Waals surface area contributed by atoms with E-state index in [-0.39, 0.29) is 24.0 Å². The van der Waals surface area contributed by atoms with Gasteiger partial charge < -0.3 is 10.6 Å². The minimum absolute atomic E-state index is 0. The van der Waals surface area contributed by atoms with Crippen molar-refractivity contribution in [2.24, 2.45) is 4.99 Å². The first-order valence-corrected chi connectivity index (χ1v) is 7.26. The average molecular weight is 389 g/mol. The Kier molecular flexibility index (Phi) is 10.5. The van der Waals surface area contributed by atoms with Gasteiger partial charge in [-0.25, -0.2) is 0 Å². The fourth-order valence-corrected chi connectivity index (χ4v) is 1.81. The Balaban J connectivity index is 0.00000361. The summed E-state index contributed by atoms with van der Waals surface area (Å²) in [5, 5.41) is 6.60. The van der Waals surface area contributed by atoms with Gasteiger partial charge in [-0.1, -0.05) is 43.7 Å². The Hall–Kier alpha value is -0.780. The second-order valence-electron chi connectivity index (χ2n) is 4.96. The van der Waals surface area contributed by atoms with E-state index < -0.39 is 0 Å². The van der Waals surface area contributed by atoms with Gasteiger partial charge in [-0.3, -0.25) is 4.99 Å². The maximum Gasteiger partial charge on any atom is 0.191 e. The number of rotatable bonds is 6. The predicted molar refractivity (Wildman–Crippen MR) is 99.3 cm³/mol. The summed E-state index contributed by atoms with van der Waals surface area (Å²) in [4.78, 5) is 4.64. The molecule has 1 aromatic rings. The number of guanidine groups is 1. The Morgan fingerprint density at radius 3 is 2.35 bits per heavy atom. The van der Waals surface area contributed by atoms with Crippen LogP contribution in [0.4, 0.5) is 0 Å². The first-order valence-electron chi connectivity index (χ1n) is 7.26. The van der Waals surface area contributed by atoms with E-state index in [2.05, 4.69) is 67.6 Å². The lowest BCUT2D eigenvalue weighted by molar-refractivity contribution is 0.741. The van der Waals surface area contributed by atoms with E-state index in [1.807, 2.05) is 0 Å². The number of benzene rings is 1. The number of nitrogens with one attached hydrogen (secondary N) is 2. The van der Waals surface area contributed by atoms with Crippen LogP contribution in [0.3, 0.4) is 0 Å². The summed E-state index contributed by atoms with van der Waals surface area (Å²) in [6.45, 7) is 11.3. The molecule has 20 heavy (non-hydrogen) atoms. The molecule has 0 saturated carbocycles. The minimum atomic E-state index is 0. The summed E-state index contributed by atoms with van der Waals surface area (Å²) < 4.78 is 0. The first kappa shape index (κ1) is 19.2. The molecule has 0 radical (unpaired) electrons. The second-order valence-corrected chi connectivity index (χ2v) is 4.96. The van der Waals surface area contributed by atoms with Gasteiger partial charge in [0.05, 0.1) is 0 Å². The Bertz CT molecular complexity index is 387. The molecule has 0 aliphatic heterocycles. The molecule has 0 aromatic heterocycles. The SMILES string of the molecule is CCCNC(=NCC(C)c1ccc(C)cc1)NCC.I. The van der Waals surface area contributed by atoms with Crippen molar-refractivity contribution in [2.75, 3.05) is 19.6 Å². The highest BCUT2D eigenvalue weighted by Crippen LogP contribution is 2.15. The highest BCUT2D eigenvalue weighted by Gasteiger charge is 2.05. The van der Waals surface area contributed by atoms with Gasteiger partial charge in [0.1, 0.15) is 0 Å². The van der Waals surface area contributed by atoms with E-state index >= 15 is 0 Å². The molecule has 0 heterocycles. The van der Waals surface area contributed by atoms with Gasteiger partial charge in [0, 0.05) is 25.6 Å². The zero-order valence-corrected chi connectivity index (χ0v) is 15.4. The van der Waals surface area contributed by atoms with Crippen molar-refractivity contribution in [3.63, 3.8) is 0 Å². The normalized spacial score (nSPS) is 12.5. The van der Waals surface area contributed by atoms with E-state index in [1.165, 1.54) is 11.1 Å². The smallest absolute Gasteiger partial charge is 0.191 e. The molecule has 1 unspecified atom stereocenters. The van der Waals surface area contributed by atoms with E-state index in [1.54, 1.807) is 0 Å². The molecule has 0 bridgehead atoms. The summed E-state index contributed by atoms with van der Waals surface area (Å²) in [6, 6.07) is 8.72. The van der Waals surface area contributed by atoms with Crippen LogP contribution in [0.2, 0.25) is 0 Å². The van der Waals surface area contributed by atoms with Crippen LogP contribution in [0.1, 0.15) is 44.2 Å². The summed E-state index contributed by atoms with van der Waals surface area (Å²) in [5.41, 5.74) is 2.65. The van der Waals surface area contributed by atoms with Crippen molar-refractivity contribution in [3.8, 4) is 0 Å². The molecule has 0 amide bonds. The van der Waals surface area contributed by atoms with Gasteiger partial charge in [-0.2, -0.15) is 0 Å². The van der Waals surface area contributed by atoms with Crippen molar-refractivity contribution in [3.05, 3.63) is 35.4 Å². The third-order valence-electron chi connectivity index (χ3n) is 3.06. The zero-order chi connectivity index (χ0) is 14.1. The van der Waals surface area contributed by atoms with Gasteiger partial charge in [-0.05, 0) is 25.8 Å². The number of nitrogens with zero attached hydrogens (tertiary/aromatic N) is 1. The van der Waals surface area contributed by atoms with Crippen LogP contribution in [-0.4, -0.2) is 25.6 Å². The molecule has 0 aliphatic carbocycles. The Morgan fingerprint density at radius 1 is 1.15 bits per heavy atom. The third-order valence-corrected chi connectivity index (χ3v) is 3.06. The number of halogens is 1. The zero-order valence-electron chi connectivity index (χ0n) is 13.1. The van der Waals surface area contributed by atoms with E-state index in [0.29, 0.717) is 5.92 Å². The van der Waals surface area contributed by atoms with Crippen LogP contribution >= 0.6 is 24.0 Å². The summed E-state index contributed by atoms with van der Waals surface area (Å²) in [5.74, 6) is 1.36. The number of hydrogen-bond donors (Lipinski definition) is 2. The lowest BCUT2D eigenvalue weighted by Gasteiger charge is -2.13. The molecule has 3 nitrogen and oxygen atoms in total. The molecule has 0 aliphatic rings. The van der Waals surface area contributed by atoms with Crippen molar-refractivity contribution >= 4 is 29.9 Å². The second kappa shape index (κ2) is 10.9. The fraction of sp³-hybridized carbons (Fsp3) is 0.562. The largest absolute Gasteiger partial charge is 0.357 e. The third kappa shape index (κ3) is 7.12. The summed E-state index contributed by atoms with van der Waals surface area (Å²) >= 11 is 0. The number of aryl methyl sites for hydroxylation is 1. The molecule has 0 fully saturated rings. The van der Waals surface area contributed by atoms with Crippen LogP contribution in [0.15, 0.2) is 29.3 Å². The first-order chi connectivity index (χ1) is 9.17. The van der Waals surface area contributed by atoms with Crippen molar-refractivity contribution in [1.29, 1.82) is 0 Å². The van der Waals surface area contributed by atoms with Crippen LogP contribution < -0.4 is 10.6 Å². The molecule has 2 N–H and O–H groups in total. The highest BCUT2D eigenvalue weighted by molar-refractivity contribution is 14.0. The van der Waals surface area contributed by atoms with E-state index in [9.17, 15) is 0 Å². The quantitative estimate of drug-likeness (QED) is 0.443. The fourth-order valence-electron chi connectivity index (χ4n) is 1.81. The lowest BCUT2D eigenvalue weighted by atomic mass is 10.0. The van der Waals surface area contributed by atoms with Gasteiger partial charge >= 0.3 is 0 Å². The molecule has 1 aromatic carbocycles. The van der Waals surface area contributed by atoms with E-state index in [4.69, 9.17) is 0 Å². The van der Waals surface area contributed by atoms with Crippen LogP contribution in [0.5, 0.6) is 0 Å². The topological polar surface area (TPSA) is 36.4 Å². The molecule has 1 rings (SSSR count). The monoisotopic (exact) mass is 389 g/mol. The van der Waals surface area contributed by atoms with Crippen LogP contribution in [0.25, 0.3) is 0 Å².